The second kappa shape index (κ2) is 13.0. The zero-order valence-electron chi connectivity index (χ0n) is 23.6. The van der Waals surface area contributed by atoms with Crippen LogP contribution in [0.4, 0.5) is 0 Å². The number of carbonyl (C=O) groups excluding carboxylic acids is 2. The number of aryl methyl sites for hydroxylation is 1. The van der Waals surface area contributed by atoms with Gasteiger partial charge in [0.2, 0.25) is 0 Å². The van der Waals surface area contributed by atoms with Crippen molar-refractivity contribution in [1.29, 1.82) is 5.26 Å². The van der Waals surface area contributed by atoms with Crippen molar-refractivity contribution >= 4 is 12.2 Å². The summed E-state index contributed by atoms with van der Waals surface area (Å²) in [4.78, 5) is 40.9. The lowest BCUT2D eigenvalue weighted by Gasteiger charge is -2.37. The van der Waals surface area contributed by atoms with Gasteiger partial charge in [0.05, 0.1) is 0 Å². The fourth-order valence-corrected chi connectivity index (χ4v) is 4.73. The third-order valence-electron chi connectivity index (χ3n) is 7.40. The van der Waals surface area contributed by atoms with Gasteiger partial charge in [0.15, 0.2) is 6.29 Å². The Morgan fingerprint density at radius 3 is 2.39 bits per heavy atom. The molecule has 0 bridgehead atoms. The molecular weight excluding hydrogens is 474 g/mol. The molecule has 1 N–H and O–H groups in total. The maximum absolute atomic E-state index is 13.1. The third-order valence-corrected chi connectivity index (χ3v) is 7.40. The quantitative estimate of drug-likeness (QED) is 0.223. The van der Waals surface area contributed by atoms with Gasteiger partial charge in [-0.1, -0.05) is 76.8 Å². The Balaban J connectivity index is 2.16. The lowest BCUT2D eigenvalue weighted by atomic mass is 9.74. The molecule has 1 heterocycles. The van der Waals surface area contributed by atoms with Gasteiger partial charge in [0.1, 0.15) is 11.6 Å². The number of hydrogen-bond acceptors (Lipinski definition) is 4. The zero-order chi connectivity index (χ0) is 28.6. The van der Waals surface area contributed by atoms with Crippen LogP contribution in [0.25, 0.3) is 11.1 Å². The van der Waals surface area contributed by atoms with Gasteiger partial charge >= 0.3 is 0 Å². The Hall–Kier alpha value is -3.98. The fraction of sp³-hybridized carbons (Fsp3) is 0.375. The minimum absolute atomic E-state index is 0.0995. The maximum Gasteiger partial charge on any atom is 0.266 e. The van der Waals surface area contributed by atoms with E-state index in [0.717, 1.165) is 23.2 Å². The van der Waals surface area contributed by atoms with E-state index in [4.69, 9.17) is 0 Å². The summed E-state index contributed by atoms with van der Waals surface area (Å²) in [5, 5.41) is 9.21. The molecule has 38 heavy (non-hydrogen) atoms. The summed E-state index contributed by atoms with van der Waals surface area (Å²) >= 11 is 0. The van der Waals surface area contributed by atoms with Crippen molar-refractivity contribution in [1.82, 2.24) is 9.88 Å². The fourth-order valence-electron chi connectivity index (χ4n) is 4.73. The molecule has 2 aromatic rings. The number of rotatable bonds is 11. The van der Waals surface area contributed by atoms with Crippen LogP contribution in [0.15, 0.2) is 71.1 Å². The van der Waals surface area contributed by atoms with E-state index in [-0.39, 0.29) is 28.4 Å². The average Bonchev–Trinajstić information content (AvgIpc) is 2.88. The van der Waals surface area contributed by atoms with Crippen LogP contribution in [0.2, 0.25) is 0 Å². The van der Waals surface area contributed by atoms with E-state index in [9.17, 15) is 19.6 Å². The number of aromatic amines is 1. The minimum atomic E-state index is -0.373. The van der Waals surface area contributed by atoms with E-state index in [0.29, 0.717) is 29.9 Å². The van der Waals surface area contributed by atoms with Crippen LogP contribution >= 0.6 is 0 Å². The van der Waals surface area contributed by atoms with Crippen LogP contribution in [-0.4, -0.2) is 35.7 Å². The molecule has 6 heteroatoms. The van der Waals surface area contributed by atoms with Crippen molar-refractivity contribution in [3.8, 4) is 17.2 Å². The predicted octanol–water partition coefficient (Wildman–Crippen LogP) is 6.09. The van der Waals surface area contributed by atoms with Crippen LogP contribution in [0, 0.1) is 29.6 Å². The van der Waals surface area contributed by atoms with Crippen molar-refractivity contribution in [2.75, 3.05) is 13.6 Å². The Labute approximate surface area is 226 Å². The molecule has 0 saturated carbocycles. The van der Waals surface area contributed by atoms with Gasteiger partial charge in [-0.2, -0.15) is 5.26 Å². The van der Waals surface area contributed by atoms with E-state index >= 15 is 0 Å². The number of aromatic nitrogens is 1. The summed E-state index contributed by atoms with van der Waals surface area (Å²) < 4.78 is 0. The molecule has 0 radical (unpaired) electrons. The summed E-state index contributed by atoms with van der Waals surface area (Å²) in [6, 6.07) is 11.8. The summed E-state index contributed by atoms with van der Waals surface area (Å²) in [5.41, 5.74) is 3.88. The molecule has 6 nitrogen and oxygen atoms in total. The number of nitriles is 1. The smallest absolute Gasteiger partial charge is 0.266 e. The molecule has 0 aliphatic rings. The van der Waals surface area contributed by atoms with E-state index in [1.165, 1.54) is 11.6 Å². The molecule has 0 fully saturated rings. The highest BCUT2D eigenvalue weighted by atomic mass is 16.2. The summed E-state index contributed by atoms with van der Waals surface area (Å²) in [6.07, 6.45) is 6.40. The van der Waals surface area contributed by atoms with Crippen molar-refractivity contribution in [2.45, 2.75) is 53.9 Å². The third kappa shape index (κ3) is 7.07. The molecule has 2 rings (SSSR count). The van der Waals surface area contributed by atoms with Crippen LogP contribution in [0.5, 0.6) is 0 Å². The highest BCUT2D eigenvalue weighted by Gasteiger charge is 2.31. The highest BCUT2D eigenvalue weighted by molar-refractivity contribution is 6.02. The summed E-state index contributed by atoms with van der Waals surface area (Å²) in [6.45, 7) is 16.6. The Morgan fingerprint density at radius 2 is 1.87 bits per heavy atom. The maximum atomic E-state index is 13.1. The number of carbonyl (C=O) groups is 2. The SMILES string of the molecule is C=C/C(C(=O)N(C)CC(C)(C)C(C)CC(C)c1ccc(-c2cc(C#N)c(=O)[nH]c2C)cc1)=C(C=O)\C=C/C. The van der Waals surface area contributed by atoms with Crippen molar-refractivity contribution in [2.24, 2.45) is 11.3 Å². The van der Waals surface area contributed by atoms with Crippen LogP contribution < -0.4 is 5.56 Å². The Morgan fingerprint density at radius 1 is 1.24 bits per heavy atom. The Kier molecular flexibility index (Phi) is 10.4. The lowest BCUT2D eigenvalue weighted by molar-refractivity contribution is -0.127. The molecule has 2 atom stereocenters. The van der Waals surface area contributed by atoms with Crippen LogP contribution in [0.1, 0.15) is 63.8 Å². The number of aldehydes is 1. The van der Waals surface area contributed by atoms with Crippen LogP contribution in [-0.2, 0) is 9.59 Å². The summed E-state index contributed by atoms with van der Waals surface area (Å²) in [7, 11) is 1.76. The van der Waals surface area contributed by atoms with Gasteiger partial charge in [-0.3, -0.25) is 14.4 Å². The molecule has 0 saturated heterocycles. The second-order valence-electron chi connectivity index (χ2n) is 10.7. The second-order valence-corrected chi connectivity index (χ2v) is 10.7. The number of H-pyrrole nitrogens is 1. The minimum Gasteiger partial charge on any atom is -0.341 e. The highest BCUT2D eigenvalue weighted by Crippen LogP contribution is 2.36. The number of amides is 1. The van der Waals surface area contributed by atoms with Gasteiger partial charge in [-0.05, 0) is 54.7 Å². The van der Waals surface area contributed by atoms with E-state index in [1.807, 2.05) is 25.1 Å². The molecule has 1 aromatic carbocycles. The van der Waals surface area contributed by atoms with Gasteiger partial charge in [0, 0.05) is 36.0 Å². The molecule has 1 aromatic heterocycles. The number of benzene rings is 1. The molecule has 2 unspecified atom stereocenters. The van der Waals surface area contributed by atoms with Crippen molar-refractivity contribution < 1.29 is 9.59 Å². The average molecular weight is 514 g/mol. The largest absolute Gasteiger partial charge is 0.341 e. The predicted molar refractivity (Wildman–Crippen MR) is 154 cm³/mol. The lowest BCUT2D eigenvalue weighted by Crippen LogP contribution is -2.40. The normalized spacial score (nSPS) is 13.8. The van der Waals surface area contributed by atoms with Gasteiger partial charge in [-0.25, -0.2) is 0 Å². The van der Waals surface area contributed by atoms with Crippen molar-refractivity contribution in [3.05, 3.63) is 93.5 Å². The first-order valence-corrected chi connectivity index (χ1v) is 12.8. The van der Waals surface area contributed by atoms with Gasteiger partial charge in [-0.15, -0.1) is 0 Å². The number of allylic oxidation sites excluding steroid dienone is 3. The number of nitrogens with one attached hydrogen (secondary N) is 1. The van der Waals surface area contributed by atoms with Gasteiger partial charge < -0.3 is 9.88 Å². The number of hydrogen-bond donors (Lipinski definition) is 1. The first-order chi connectivity index (χ1) is 17.9. The van der Waals surface area contributed by atoms with Crippen molar-refractivity contribution in [3.63, 3.8) is 0 Å². The molecule has 0 aliphatic heterocycles. The molecular formula is C32H39N3O3. The zero-order valence-corrected chi connectivity index (χ0v) is 23.6. The standard InChI is InChI=1S/C32H39N3O3/c1-9-11-26(19-36)28(10-2)31(38)35(8)20-32(6,7)22(4)16-21(3)24-12-14-25(15-13-24)29-17-27(18-33)30(37)34-23(29)5/h9-15,17,19,21-22H,2,16,20H2,1,3-8H3,(H,34,37)/b11-9-,28-26-. The van der Waals surface area contributed by atoms with E-state index in [2.05, 4.69) is 51.4 Å². The molecule has 1 amide bonds. The van der Waals surface area contributed by atoms with Gasteiger partial charge in [0.25, 0.3) is 11.5 Å². The monoisotopic (exact) mass is 513 g/mol. The van der Waals surface area contributed by atoms with E-state index < -0.39 is 0 Å². The molecule has 0 spiro atoms. The Bertz CT molecular complexity index is 1340. The topological polar surface area (TPSA) is 94.0 Å². The number of likely N-dealkylation sites (N-methyl/N-ethyl adjacent to an activating group) is 1. The first-order valence-electron chi connectivity index (χ1n) is 12.8. The van der Waals surface area contributed by atoms with E-state index in [1.54, 1.807) is 37.1 Å². The summed E-state index contributed by atoms with van der Waals surface area (Å²) in [5.74, 6) is 0.358. The number of pyridine rings is 1. The molecule has 0 aliphatic carbocycles. The molecule has 200 valence electrons. The van der Waals surface area contributed by atoms with Crippen LogP contribution in [0.3, 0.4) is 0 Å². The number of nitrogens with zero attached hydrogens (tertiary/aromatic N) is 2. The first kappa shape index (κ1) is 30.2.